The zero-order chi connectivity index (χ0) is 20.9. The number of benzene rings is 2. The van der Waals surface area contributed by atoms with E-state index < -0.39 is 16.1 Å². The molecule has 0 spiro atoms. The van der Waals surface area contributed by atoms with Gasteiger partial charge in [-0.15, -0.1) is 0 Å². The van der Waals surface area contributed by atoms with Gasteiger partial charge in [0, 0.05) is 13.0 Å². The zero-order valence-electron chi connectivity index (χ0n) is 16.4. The lowest BCUT2D eigenvalue weighted by molar-refractivity contribution is -0.114. The van der Waals surface area contributed by atoms with Crippen LogP contribution in [0.3, 0.4) is 0 Å². The van der Waals surface area contributed by atoms with Gasteiger partial charge in [-0.05, 0) is 42.8 Å². The molecule has 9 heteroatoms. The molecule has 0 radical (unpaired) electrons. The van der Waals surface area contributed by atoms with Crippen LogP contribution in [0.4, 0.5) is 5.69 Å². The van der Waals surface area contributed by atoms with Gasteiger partial charge in [0.25, 0.3) is 0 Å². The maximum atomic E-state index is 12.8. The second-order valence-electron chi connectivity index (χ2n) is 6.00. The highest BCUT2D eigenvalue weighted by Gasteiger charge is 2.21. The van der Waals surface area contributed by atoms with Gasteiger partial charge in [0.15, 0.2) is 11.5 Å². The Kier molecular flexibility index (Phi) is 6.87. The number of rotatable bonds is 8. The van der Waals surface area contributed by atoms with Gasteiger partial charge in [-0.2, -0.15) is 0 Å². The van der Waals surface area contributed by atoms with E-state index in [9.17, 15) is 13.2 Å². The highest BCUT2D eigenvalue weighted by molar-refractivity contribution is 7.89. The Morgan fingerprint density at radius 2 is 1.54 bits per heavy atom. The van der Waals surface area contributed by atoms with Crippen molar-refractivity contribution in [2.75, 3.05) is 26.6 Å². The summed E-state index contributed by atoms with van der Waals surface area (Å²) in [6, 6.07) is 8.89. The van der Waals surface area contributed by atoms with Crippen LogP contribution in [-0.4, -0.2) is 35.7 Å². The Morgan fingerprint density at radius 1 is 0.929 bits per heavy atom. The van der Waals surface area contributed by atoms with E-state index in [4.69, 9.17) is 14.2 Å². The van der Waals surface area contributed by atoms with E-state index in [-0.39, 0.29) is 16.5 Å². The predicted molar refractivity (Wildman–Crippen MR) is 106 cm³/mol. The van der Waals surface area contributed by atoms with E-state index >= 15 is 0 Å². The third-order valence-corrected chi connectivity index (χ3v) is 5.57. The molecule has 2 aromatic carbocycles. The van der Waals surface area contributed by atoms with Gasteiger partial charge in [-0.25, -0.2) is 13.1 Å². The first-order valence-corrected chi connectivity index (χ1v) is 9.90. The SMILES string of the molecule is COc1ccc(S(=O)(=O)N[C@@H](C)c2ccc(OC)c(OC)c2)cc1NC(C)=O. The smallest absolute Gasteiger partial charge is 0.241 e. The van der Waals surface area contributed by atoms with Crippen LogP contribution in [0.2, 0.25) is 0 Å². The molecule has 1 amide bonds. The lowest BCUT2D eigenvalue weighted by Gasteiger charge is -2.17. The van der Waals surface area contributed by atoms with Crippen molar-refractivity contribution in [3.63, 3.8) is 0 Å². The molecular weight excluding hydrogens is 384 g/mol. The summed E-state index contributed by atoms with van der Waals surface area (Å²) < 4.78 is 43.9. The number of carbonyl (C=O) groups is 1. The minimum absolute atomic E-state index is 0.00405. The summed E-state index contributed by atoms with van der Waals surface area (Å²) in [6.45, 7) is 3.05. The fourth-order valence-electron chi connectivity index (χ4n) is 2.63. The lowest BCUT2D eigenvalue weighted by Crippen LogP contribution is -2.27. The summed E-state index contributed by atoms with van der Waals surface area (Å²) >= 11 is 0. The number of hydrogen-bond donors (Lipinski definition) is 2. The number of carbonyl (C=O) groups excluding carboxylic acids is 1. The summed E-state index contributed by atoms with van der Waals surface area (Å²) in [5.41, 5.74) is 0.980. The van der Waals surface area contributed by atoms with Crippen molar-refractivity contribution in [1.82, 2.24) is 4.72 Å². The van der Waals surface area contributed by atoms with Crippen molar-refractivity contribution < 1.29 is 27.4 Å². The molecule has 0 aliphatic rings. The zero-order valence-corrected chi connectivity index (χ0v) is 17.2. The Labute approximate surface area is 164 Å². The average molecular weight is 408 g/mol. The van der Waals surface area contributed by atoms with E-state index in [1.165, 1.54) is 46.5 Å². The van der Waals surface area contributed by atoms with Gasteiger partial charge in [0.1, 0.15) is 5.75 Å². The minimum Gasteiger partial charge on any atom is -0.495 e. The van der Waals surface area contributed by atoms with Crippen LogP contribution in [0.5, 0.6) is 17.2 Å². The van der Waals surface area contributed by atoms with Crippen LogP contribution in [0.25, 0.3) is 0 Å². The van der Waals surface area contributed by atoms with Gasteiger partial charge in [-0.3, -0.25) is 4.79 Å². The molecule has 8 nitrogen and oxygen atoms in total. The van der Waals surface area contributed by atoms with Gasteiger partial charge in [0.05, 0.1) is 31.9 Å². The van der Waals surface area contributed by atoms with Crippen LogP contribution >= 0.6 is 0 Å². The molecular formula is C19H24N2O6S. The summed E-state index contributed by atoms with van der Waals surface area (Å²) in [5.74, 6) is 1.08. The van der Waals surface area contributed by atoms with Gasteiger partial charge in [-0.1, -0.05) is 6.07 Å². The molecule has 0 aliphatic carbocycles. The molecule has 2 N–H and O–H groups in total. The van der Waals surface area contributed by atoms with Gasteiger partial charge in [0.2, 0.25) is 15.9 Å². The summed E-state index contributed by atoms with van der Waals surface area (Å²) in [4.78, 5) is 11.4. The van der Waals surface area contributed by atoms with Crippen LogP contribution in [0.15, 0.2) is 41.3 Å². The van der Waals surface area contributed by atoms with Crippen molar-refractivity contribution >= 4 is 21.6 Å². The molecule has 0 aromatic heterocycles. The number of hydrogen-bond acceptors (Lipinski definition) is 6. The van der Waals surface area contributed by atoms with Gasteiger partial charge >= 0.3 is 0 Å². The van der Waals surface area contributed by atoms with E-state index in [1.807, 2.05) is 0 Å². The number of anilines is 1. The topological polar surface area (TPSA) is 103 Å². The monoisotopic (exact) mass is 408 g/mol. The third-order valence-electron chi connectivity index (χ3n) is 4.03. The molecule has 1 atom stereocenters. The maximum Gasteiger partial charge on any atom is 0.241 e. The predicted octanol–water partition coefficient (Wildman–Crippen LogP) is 2.71. The molecule has 28 heavy (non-hydrogen) atoms. The Hall–Kier alpha value is -2.78. The maximum absolute atomic E-state index is 12.8. The summed E-state index contributed by atoms with van der Waals surface area (Å²) in [5, 5.41) is 2.56. The van der Waals surface area contributed by atoms with Crippen molar-refractivity contribution in [3.05, 3.63) is 42.0 Å². The van der Waals surface area contributed by atoms with Crippen molar-refractivity contribution in [1.29, 1.82) is 0 Å². The number of nitrogens with one attached hydrogen (secondary N) is 2. The number of methoxy groups -OCH3 is 3. The second-order valence-corrected chi connectivity index (χ2v) is 7.71. The van der Waals surface area contributed by atoms with Crippen molar-refractivity contribution in [2.45, 2.75) is 24.8 Å². The average Bonchev–Trinajstić information content (AvgIpc) is 2.66. The van der Waals surface area contributed by atoms with Crippen LogP contribution < -0.4 is 24.2 Å². The van der Waals surface area contributed by atoms with E-state index in [0.29, 0.717) is 22.8 Å². The molecule has 0 unspecified atom stereocenters. The quantitative estimate of drug-likeness (QED) is 0.696. The van der Waals surface area contributed by atoms with E-state index in [1.54, 1.807) is 25.1 Å². The van der Waals surface area contributed by atoms with Crippen LogP contribution in [0, 0.1) is 0 Å². The highest BCUT2D eigenvalue weighted by Crippen LogP contribution is 2.31. The summed E-state index contributed by atoms with van der Waals surface area (Å²) in [6.07, 6.45) is 0. The van der Waals surface area contributed by atoms with Crippen LogP contribution in [-0.2, 0) is 14.8 Å². The second kappa shape index (κ2) is 8.94. The van der Waals surface area contributed by atoms with Gasteiger partial charge < -0.3 is 19.5 Å². The normalized spacial score (nSPS) is 12.2. The molecule has 2 aromatic rings. The molecule has 0 heterocycles. The van der Waals surface area contributed by atoms with E-state index in [0.717, 1.165) is 0 Å². The lowest BCUT2D eigenvalue weighted by atomic mass is 10.1. The van der Waals surface area contributed by atoms with Crippen molar-refractivity contribution in [2.24, 2.45) is 0 Å². The fraction of sp³-hybridized carbons (Fsp3) is 0.316. The number of ether oxygens (including phenoxy) is 3. The third kappa shape index (κ3) is 4.93. The molecule has 2 rings (SSSR count). The van der Waals surface area contributed by atoms with Crippen LogP contribution in [0.1, 0.15) is 25.5 Å². The Balaban J connectivity index is 2.31. The summed E-state index contributed by atoms with van der Waals surface area (Å²) in [7, 11) is 0.621. The first-order chi connectivity index (χ1) is 13.2. The minimum atomic E-state index is -3.86. The van der Waals surface area contributed by atoms with Crippen molar-refractivity contribution in [3.8, 4) is 17.2 Å². The highest BCUT2D eigenvalue weighted by atomic mass is 32.2. The largest absolute Gasteiger partial charge is 0.495 e. The molecule has 0 saturated heterocycles. The molecule has 0 aliphatic heterocycles. The Bertz CT molecular complexity index is 959. The number of sulfonamides is 1. The molecule has 0 saturated carbocycles. The molecule has 0 fully saturated rings. The molecule has 0 bridgehead atoms. The number of amides is 1. The van der Waals surface area contributed by atoms with E-state index in [2.05, 4.69) is 10.0 Å². The fourth-order valence-corrected chi connectivity index (χ4v) is 3.89. The molecule has 152 valence electrons. The Morgan fingerprint density at radius 3 is 2.11 bits per heavy atom. The first kappa shape index (κ1) is 21.5. The first-order valence-electron chi connectivity index (χ1n) is 8.41. The standard InChI is InChI=1S/C19H24N2O6S/c1-12(14-6-8-18(26-4)19(10-14)27-5)21-28(23,24)15-7-9-17(25-3)16(11-15)20-13(2)22/h6-12,21H,1-5H3,(H,20,22)/t12-/m0/s1.